The van der Waals surface area contributed by atoms with E-state index in [4.69, 9.17) is 5.11 Å². The fourth-order valence-electron chi connectivity index (χ4n) is 4.24. The van der Waals surface area contributed by atoms with Gasteiger partial charge in [0.1, 0.15) is 5.78 Å². The molecule has 2 aliphatic rings. The zero-order chi connectivity index (χ0) is 19.7. The highest BCUT2D eigenvalue weighted by Crippen LogP contribution is 2.47. The average molecular weight is 375 g/mol. The normalized spacial score (nSPS) is 26.2. The molecule has 2 rings (SSSR count). The van der Waals surface area contributed by atoms with E-state index in [1.807, 2.05) is 12.2 Å². The number of carbonyl (C=O) groups is 2. The smallest absolute Gasteiger partial charge is 0.332 e. The van der Waals surface area contributed by atoms with Crippen molar-refractivity contribution in [2.75, 3.05) is 0 Å². The van der Waals surface area contributed by atoms with Crippen LogP contribution in [-0.4, -0.2) is 28.1 Å². The molecule has 0 aromatic heterocycles. The molecule has 1 unspecified atom stereocenters. The Morgan fingerprint density at radius 2 is 1.96 bits per heavy atom. The molecule has 3 atom stereocenters. The van der Waals surface area contributed by atoms with Gasteiger partial charge in [-0.2, -0.15) is 0 Å². The number of Topliss-reactive ketones (excluding diaryl/α,β-unsaturated/α-hetero) is 1. The molecule has 0 radical (unpaired) electrons. The minimum absolute atomic E-state index is 0.0507. The molecular weight excluding hydrogens is 340 g/mol. The molecule has 0 aromatic rings. The van der Waals surface area contributed by atoms with Gasteiger partial charge in [-0.05, 0) is 69.6 Å². The predicted molar refractivity (Wildman–Crippen MR) is 107 cm³/mol. The van der Waals surface area contributed by atoms with Crippen LogP contribution in [0, 0.1) is 17.3 Å². The Balaban J connectivity index is 1.80. The number of ketones is 1. The summed E-state index contributed by atoms with van der Waals surface area (Å²) in [5, 5.41) is 17.9. The largest absolute Gasteiger partial charge is 0.479 e. The van der Waals surface area contributed by atoms with Crippen molar-refractivity contribution in [1.29, 1.82) is 0 Å². The highest BCUT2D eigenvalue weighted by atomic mass is 16.4. The molecule has 27 heavy (non-hydrogen) atoms. The summed E-state index contributed by atoms with van der Waals surface area (Å²) < 4.78 is 0. The van der Waals surface area contributed by atoms with E-state index >= 15 is 0 Å². The van der Waals surface area contributed by atoms with Gasteiger partial charge in [0.25, 0.3) is 0 Å². The van der Waals surface area contributed by atoms with Crippen LogP contribution in [-0.2, 0) is 9.59 Å². The van der Waals surface area contributed by atoms with Crippen molar-refractivity contribution in [3.63, 3.8) is 0 Å². The Morgan fingerprint density at radius 1 is 1.22 bits per heavy atom. The molecular formula is C23H34O4. The SMILES string of the molecule is CC=CCC1(CC=C[C@H]2CCC(=O)[C@@H]2CC=CCCC(O)C(=O)O)CCC1. The number of carboxylic acids is 1. The highest BCUT2D eigenvalue weighted by Gasteiger charge is 2.35. The van der Waals surface area contributed by atoms with Crippen LogP contribution in [0.5, 0.6) is 0 Å². The lowest BCUT2D eigenvalue weighted by Crippen LogP contribution is -2.28. The summed E-state index contributed by atoms with van der Waals surface area (Å²) in [6.07, 6.45) is 20.8. The second kappa shape index (κ2) is 10.6. The van der Waals surface area contributed by atoms with Crippen molar-refractivity contribution in [2.24, 2.45) is 17.3 Å². The summed E-state index contributed by atoms with van der Waals surface area (Å²) in [6, 6.07) is 0. The first kappa shape index (κ1) is 21.6. The van der Waals surface area contributed by atoms with E-state index in [2.05, 4.69) is 31.2 Å². The standard InChI is InChI=1S/C23H34O4/c1-2-3-14-23(16-8-17-23)15-7-9-18-12-13-20(24)19(18)10-5-4-6-11-21(25)22(26)27/h2-5,7,9,18-19,21,25H,6,8,10-17H2,1H3,(H,26,27)/t18-,19+,21?/m0/s1. The monoisotopic (exact) mass is 374 g/mol. The topological polar surface area (TPSA) is 74.6 Å². The van der Waals surface area contributed by atoms with Crippen molar-refractivity contribution in [3.05, 3.63) is 36.5 Å². The predicted octanol–water partition coefficient (Wildman–Crippen LogP) is 4.84. The lowest BCUT2D eigenvalue weighted by molar-refractivity contribution is -0.146. The number of rotatable bonds is 11. The van der Waals surface area contributed by atoms with Crippen molar-refractivity contribution in [3.8, 4) is 0 Å². The summed E-state index contributed by atoms with van der Waals surface area (Å²) in [6.45, 7) is 2.08. The van der Waals surface area contributed by atoms with Gasteiger partial charge in [0.15, 0.2) is 6.10 Å². The van der Waals surface area contributed by atoms with E-state index in [0.717, 1.165) is 19.3 Å². The lowest BCUT2D eigenvalue weighted by Gasteiger charge is -2.41. The van der Waals surface area contributed by atoms with Crippen LogP contribution in [0.25, 0.3) is 0 Å². The second-order valence-electron chi connectivity index (χ2n) is 8.17. The molecule has 0 saturated heterocycles. The Labute approximate surface area is 163 Å². The first-order chi connectivity index (χ1) is 13.0. The minimum atomic E-state index is -1.31. The molecule has 2 fully saturated rings. The molecule has 4 heteroatoms. The molecule has 150 valence electrons. The van der Waals surface area contributed by atoms with Crippen LogP contribution in [0.15, 0.2) is 36.5 Å². The molecule has 0 heterocycles. The molecule has 4 nitrogen and oxygen atoms in total. The first-order valence-corrected chi connectivity index (χ1v) is 10.3. The molecule has 0 bridgehead atoms. The van der Waals surface area contributed by atoms with E-state index in [1.54, 1.807) is 0 Å². The van der Waals surface area contributed by atoms with Gasteiger partial charge in [0.2, 0.25) is 0 Å². The van der Waals surface area contributed by atoms with Crippen LogP contribution in [0.4, 0.5) is 0 Å². The van der Waals surface area contributed by atoms with Crippen LogP contribution >= 0.6 is 0 Å². The van der Waals surface area contributed by atoms with Gasteiger partial charge >= 0.3 is 5.97 Å². The summed E-state index contributed by atoms with van der Waals surface area (Å²) in [4.78, 5) is 22.8. The molecule has 0 aromatic carbocycles. The fourth-order valence-corrected chi connectivity index (χ4v) is 4.24. The maximum atomic E-state index is 12.2. The van der Waals surface area contributed by atoms with Crippen molar-refractivity contribution in [2.45, 2.75) is 77.2 Å². The summed E-state index contributed by atoms with van der Waals surface area (Å²) in [7, 11) is 0. The van der Waals surface area contributed by atoms with E-state index in [-0.39, 0.29) is 12.3 Å². The second-order valence-corrected chi connectivity index (χ2v) is 8.17. The number of aliphatic hydroxyl groups is 1. The molecule has 0 aliphatic heterocycles. The number of carboxylic acid groups (broad SMARTS) is 1. The van der Waals surface area contributed by atoms with Gasteiger partial charge in [-0.1, -0.05) is 42.9 Å². The number of aliphatic hydroxyl groups excluding tert-OH is 1. The Morgan fingerprint density at radius 3 is 2.59 bits per heavy atom. The maximum Gasteiger partial charge on any atom is 0.332 e. The third-order valence-corrected chi connectivity index (χ3v) is 6.24. The van der Waals surface area contributed by atoms with Gasteiger partial charge in [-0.3, -0.25) is 4.79 Å². The quantitative estimate of drug-likeness (QED) is 0.508. The highest BCUT2D eigenvalue weighted by molar-refractivity contribution is 5.83. The molecule has 2 aliphatic carbocycles. The number of hydrogen-bond donors (Lipinski definition) is 2. The Hall–Kier alpha value is -1.68. The summed E-state index contributed by atoms with van der Waals surface area (Å²) in [5.74, 6) is -0.467. The number of hydrogen-bond acceptors (Lipinski definition) is 3. The van der Waals surface area contributed by atoms with Gasteiger partial charge in [-0.25, -0.2) is 4.79 Å². The van der Waals surface area contributed by atoms with Gasteiger partial charge < -0.3 is 10.2 Å². The third-order valence-electron chi connectivity index (χ3n) is 6.24. The average Bonchev–Trinajstić information content (AvgIpc) is 2.96. The number of allylic oxidation sites excluding steroid dienone is 6. The van der Waals surface area contributed by atoms with Gasteiger partial charge in [0.05, 0.1) is 0 Å². The Kier molecular flexibility index (Phi) is 8.49. The third kappa shape index (κ3) is 6.46. The Bertz CT molecular complexity index is 583. The van der Waals surface area contributed by atoms with E-state index in [0.29, 0.717) is 36.4 Å². The van der Waals surface area contributed by atoms with Gasteiger partial charge in [-0.15, -0.1) is 0 Å². The fraction of sp³-hybridized carbons (Fsp3) is 0.652. The zero-order valence-corrected chi connectivity index (χ0v) is 16.5. The van der Waals surface area contributed by atoms with Crippen molar-refractivity contribution >= 4 is 11.8 Å². The molecule has 0 spiro atoms. The molecule has 2 N–H and O–H groups in total. The molecule has 2 saturated carbocycles. The van der Waals surface area contributed by atoms with Crippen molar-refractivity contribution in [1.82, 2.24) is 0 Å². The van der Waals surface area contributed by atoms with Crippen LogP contribution in [0.3, 0.4) is 0 Å². The van der Waals surface area contributed by atoms with Crippen LogP contribution < -0.4 is 0 Å². The minimum Gasteiger partial charge on any atom is -0.479 e. The van der Waals surface area contributed by atoms with Crippen LogP contribution in [0.1, 0.15) is 71.1 Å². The van der Waals surface area contributed by atoms with E-state index < -0.39 is 12.1 Å². The molecule has 0 amide bonds. The maximum absolute atomic E-state index is 12.2. The zero-order valence-electron chi connectivity index (χ0n) is 16.5. The van der Waals surface area contributed by atoms with Crippen LogP contribution in [0.2, 0.25) is 0 Å². The summed E-state index contributed by atoms with van der Waals surface area (Å²) >= 11 is 0. The van der Waals surface area contributed by atoms with E-state index in [1.165, 1.54) is 19.3 Å². The lowest BCUT2D eigenvalue weighted by atomic mass is 9.64. The number of aliphatic carboxylic acids is 1. The van der Waals surface area contributed by atoms with Gasteiger partial charge in [0, 0.05) is 12.3 Å². The van der Waals surface area contributed by atoms with Crippen molar-refractivity contribution < 1.29 is 19.8 Å². The first-order valence-electron chi connectivity index (χ1n) is 10.3. The van der Waals surface area contributed by atoms with E-state index in [9.17, 15) is 14.7 Å². The number of carbonyl (C=O) groups excluding carboxylic acids is 1. The summed E-state index contributed by atoms with van der Waals surface area (Å²) in [5.41, 5.74) is 0.450.